The van der Waals surface area contributed by atoms with E-state index in [4.69, 9.17) is 5.11 Å². The molecule has 0 spiro atoms. The molecule has 6 heteroatoms. The first kappa shape index (κ1) is 11.9. The third-order valence-electron chi connectivity index (χ3n) is 1.74. The highest BCUT2D eigenvalue weighted by Gasteiger charge is 2.04. The van der Waals surface area contributed by atoms with Gasteiger partial charge in [0.05, 0.1) is 10.9 Å². The maximum Gasteiger partial charge on any atom is 0.305 e. The Bertz CT molecular complexity index is 357. The highest BCUT2D eigenvalue weighted by Crippen LogP contribution is 2.18. The summed E-state index contributed by atoms with van der Waals surface area (Å²) in [5.41, 5.74) is 0. The van der Waals surface area contributed by atoms with Crippen molar-refractivity contribution in [3.8, 4) is 0 Å². The Labute approximate surface area is 96.1 Å². The SMILES string of the molecule is CCc1ncc(Br)c(NCCC(=O)O)n1. The number of aromatic nitrogens is 2. The minimum Gasteiger partial charge on any atom is -0.481 e. The number of nitrogens with one attached hydrogen (secondary N) is 1. The molecule has 15 heavy (non-hydrogen) atoms. The Hall–Kier alpha value is -1.17. The van der Waals surface area contributed by atoms with Crippen LogP contribution in [0.1, 0.15) is 19.2 Å². The van der Waals surface area contributed by atoms with Crippen molar-refractivity contribution in [3.63, 3.8) is 0 Å². The van der Waals surface area contributed by atoms with Crippen LogP contribution in [0.2, 0.25) is 0 Å². The number of hydrogen-bond donors (Lipinski definition) is 2. The van der Waals surface area contributed by atoms with Crippen LogP contribution in [-0.2, 0) is 11.2 Å². The summed E-state index contributed by atoms with van der Waals surface area (Å²) < 4.78 is 0.741. The number of nitrogens with zero attached hydrogens (tertiary/aromatic N) is 2. The molecule has 0 fully saturated rings. The summed E-state index contributed by atoms with van der Waals surface area (Å²) in [5, 5.41) is 11.4. The van der Waals surface area contributed by atoms with Gasteiger partial charge in [0.2, 0.25) is 0 Å². The molecule has 0 bridgehead atoms. The fourth-order valence-electron chi connectivity index (χ4n) is 0.986. The highest BCUT2D eigenvalue weighted by atomic mass is 79.9. The first-order valence-corrected chi connectivity index (χ1v) is 5.40. The lowest BCUT2D eigenvalue weighted by atomic mass is 10.4. The van der Waals surface area contributed by atoms with Crippen molar-refractivity contribution in [2.75, 3.05) is 11.9 Å². The number of carbonyl (C=O) groups is 1. The first-order valence-electron chi connectivity index (χ1n) is 4.60. The molecular weight excluding hydrogens is 262 g/mol. The van der Waals surface area contributed by atoms with E-state index >= 15 is 0 Å². The lowest BCUT2D eigenvalue weighted by Crippen LogP contribution is -2.10. The van der Waals surface area contributed by atoms with Gasteiger partial charge in [-0.1, -0.05) is 6.92 Å². The number of halogens is 1. The number of rotatable bonds is 5. The molecule has 0 aliphatic carbocycles. The highest BCUT2D eigenvalue weighted by molar-refractivity contribution is 9.10. The van der Waals surface area contributed by atoms with Gasteiger partial charge >= 0.3 is 5.97 Å². The van der Waals surface area contributed by atoms with Crippen molar-refractivity contribution >= 4 is 27.7 Å². The molecule has 82 valence electrons. The van der Waals surface area contributed by atoms with Gasteiger partial charge in [-0.15, -0.1) is 0 Å². The van der Waals surface area contributed by atoms with Gasteiger partial charge in [-0.2, -0.15) is 0 Å². The number of aryl methyl sites for hydroxylation is 1. The second kappa shape index (κ2) is 5.65. The average molecular weight is 274 g/mol. The van der Waals surface area contributed by atoms with Crippen molar-refractivity contribution in [2.24, 2.45) is 0 Å². The second-order valence-electron chi connectivity index (χ2n) is 2.91. The molecule has 1 rings (SSSR count). The Kier molecular flexibility index (Phi) is 4.48. The Balaban J connectivity index is 2.62. The van der Waals surface area contributed by atoms with Crippen molar-refractivity contribution in [2.45, 2.75) is 19.8 Å². The minimum absolute atomic E-state index is 0.0674. The topological polar surface area (TPSA) is 75.1 Å². The summed E-state index contributed by atoms with van der Waals surface area (Å²) in [6.07, 6.45) is 2.48. The lowest BCUT2D eigenvalue weighted by molar-refractivity contribution is -0.136. The van der Waals surface area contributed by atoms with Crippen molar-refractivity contribution in [1.29, 1.82) is 0 Å². The molecule has 5 nitrogen and oxygen atoms in total. The molecule has 0 aromatic carbocycles. The predicted molar refractivity (Wildman–Crippen MR) is 59.9 cm³/mol. The standard InChI is InChI=1S/C9H12BrN3O2/c1-2-7-12-5-6(10)9(13-7)11-4-3-8(14)15/h5H,2-4H2,1H3,(H,14,15)(H,11,12,13). The van der Waals surface area contributed by atoms with Crippen molar-refractivity contribution in [3.05, 3.63) is 16.5 Å². The molecule has 0 saturated carbocycles. The van der Waals surface area contributed by atoms with Gasteiger partial charge in [-0.3, -0.25) is 4.79 Å². The monoisotopic (exact) mass is 273 g/mol. The fourth-order valence-corrected chi connectivity index (χ4v) is 1.32. The van der Waals surface area contributed by atoms with E-state index in [1.807, 2.05) is 6.92 Å². The van der Waals surface area contributed by atoms with Crippen LogP contribution < -0.4 is 5.32 Å². The third-order valence-corrected chi connectivity index (χ3v) is 2.32. The van der Waals surface area contributed by atoms with E-state index in [0.29, 0.717) is 12.4 Å². The molecule has 1 heterocycles. The average Bonchev–Trinajstić information content (AvgIpc) is 2.20. The molecule has 0 aliphatic rings. The Morgan fingerprint density at radius 3 is 3.00 bits per heavy atom. The van der Waals surface area contributed by atoms with Crippen LogP contribution in [0, 0.1) is 0 Å². The Morgan fingerprint density at radius 1 is 1.67 bits per heavy atom. The van der Waals surface area contributed by atoms with E-state index in [1.54, 1.807) is 6.20 Å². The van der Waals surface area contributed by atoms with Gasteiger partial charge in [-0.05, 0) is 15.9 Å². The van der Waals surface area contributed by atoms with Gasteiger partial charge in [0.25, 0.3) is 0 Å². The molecule has 0 radical (unpaired) electrons. The summed E-state index contributed by atoms with van der Waals surface area (Å²) >= 11 is 3.29. The van der Waals surface area contributed by atoms with Crippen LogP contribution in [0.3, 0.4) is 0 Å². The summed E-state index contributed by atoms with van der Waals surface area (Å²) in [4.78, 5) is 18.6. The van der Waals surface area contributed by atoms with Crippen LogP contribution in [0.25, 0.3) is 0 Å². The maximum absolute atomic E-state index is 10.3. The molecule has 1 aromatic heterocycles. The zero-order valence-electron chi connectivity index (χ0n) is 8.33. The molecule has 0 atom stereocenters. The summed E-state index contributed by atoms with van der Waals surface area (Å²) in [6, 6.07) is 0. The molecular formula is C9H12BrN3O2. The van der Waals surface area contributed by atoms with E-state index in [-0.39, 0.29) is 6.42 Å². The van der Waals surface area contributed by atoms with Crippen LogP contribution in [-0.4, -0.2) is 27.6 Å². The second-order valence-corrected chi connectivity index (χ2v) is 3.76. The van der Waals surface area contributed by atoms with Crippen LogP contribution in [0.4, 0.5) is 5.82 Å². The summed E-state index contributed by atoms with van der Waals surface area (Å²) in [6.45, 7) is 2.32. The van der Waals surface area contributed by atoms with Gasteiger partial charge in [0, 0.05) is 19.2 Å². The van der Waals surface area contributed by atoms with E-state index in [9.17, 15) is 4.79 Å². The third kappa shape index (κ3) is 3.83. The normalized spacial score (nSPS) is 10.0. The van der Waals surface area contributed by atoms with Crippen molar-refractivity contribution < 1.29 is 9.90 Å². The molecule has 2 N–H and O–H groups in total. The minimum atomic E-state index is -0.830. The van der Waals surface area contributed by atoms with Gasteiger partial charge < -0.3 is 10.4 Å². The summed E-state index contributed by atoms with van der Waals surface area (Å²) in [5.74, 6) is 0.544. The van der Waals surface area contributed by atoms with Gasteiger partial charge in [0.1, 0.15) is 11.6 Å². The lowest BCUT2D eigenvalue weighted by Gasteiger charge is -2.06. The number of anilines is 1. The maximum atomic E-state index is 10.3. The number of aliphatic carboxylic acids is 1. The molecule has 0 saturated heterocycles. The van der Waals surface area contributed by atoms with Crippen LogP contribution in [0.15, 0.2) is 10.7 Å². The van der Waals surface area contributed by atoms with Gasteiger partial charge in [0.15, 0.2) is 0 Å². The first-order chi connectivity index (χ1) is 7.13. The largest absolute Gasteiger partial charge is 0.481 e. The molecule has 1 aromatic rings. The molecule has 0 amide bonds. The van der Waals surface area contributed by atoms with Gasteiger partial charge in [-0.25, -0.2) is 9.97 Å². The van der Waals surface area contributed by atoms with E-state index in [2.05, 4.69) is 31.2 Å². The van der Waals surface area contributed by atoms with Crippen LogP contribution >= 0.6 is 15.9 Å². The molecule has 0 aliphatic heterocycles. The number of carboxylic acids is 1. The Morgan fingerprint density at radius 2 is 2.40 bits per heavy atom. The number of carboxylic acid groups (broad SMARTS) is 1. The fraction of sp³-hybridized carbons (Fsp3) is 0.444. The van der Waals surface area contributed by atoms with E-state index in [0.717, 1.165) is 16.7 Å². The molecule has 0 unspecified atom stereocenters. The predicted octanol–water partition coefficient (Wildman–Crippen LogP) is 1.69. The van der Waals surface area contributed by atoms with E-state index < -0.39 is 5.97 Å². The number of hydrogen-bond acceptors (Lipinski definition) is 4. The summed E-state index contributed by atoms with van der Waals surface area (Å²) in [7, 11) is 0. The zero-order chi connectivity index (χ0) is 11.3. The van der Waals surface area contributed by atoms with E-state index in [1.165, 1.54) is 0 Å². The quantitative estimate of drug-likeness (QED) is 0.854. The zero-order valence-corrected chi connectivity index (χ0v) is 9.91. The van der Waals surface area contributed by atoms with Crippen LogP contribution in [0.5, 0.6) is 0 Å². The van der Waals surface area contributed by atoms with Crippen molar-refractivity contribution in [1.82, 2.24) is 9.97 Å². The smallest absolute Gasteiger partial charge is 0.305 e.